The van der Waals surface area contributed by atoms with Crippen molar-refractivity contribution in [2.75, 3.05) is 19.2 Å². The second-order valence-electron chi connectivity index (χ2n) is 6.40. The number of rotatable bonds is 9. The van der Waals surface area contributed by atoms with E-state index in [1.54, 1.807) is 30.0 Å². The summed E-state index contributed by atoms with van der Waals surface area (Å²) < 4.78 is 18.3. The molecule has 1 amide bonds. The van der Waals surface area contributed by atoms with Gasteiger partial charge in [0.15, 0.2) is 22.5 Å². The van der Waals surface area contributed by atoms with Crippen LogP contribution in [0.3, 0.4) is 0 Å². The van der Waals surface area contributed by atoms with Crippen LogP contribution in [0.4, 0.5) is 0 Å². The number of para-hydroxylation sites is 1. The molecule has 1 aliphatic rings. The molecular formula is C21H22N4O4S. The maximum atomic E-state index is 12.5. The van der Waals surface area contributed by atoms with Crippen LogP contribution in [-0.2, 0) is 13.1 Å². The first-order valence-electron chi connectivity index (χ1n) is 9.65. The molecule has 4 rings (SSSR count). The molecule has 1 aromatic heterocycles. The van der Waals surface area contributed by atoms with Crippen molar-refractivity contribution >= 4 is 17.7 Å². The van der Waals surface area contributed by atoms with Gasteiger partial charge in [-0.2, -0.15) is 0 Å². The lowest BCUT2D eigenvalue weighted by Gasteiger charge is -2.09. The summed E-state index contributed by atoms with van der Waals surface area (Å²) in [5.41, 5.74) is 0.509. The highest BCUT2D eigenvalue weighted by atomic mass is 32.2. The summed E-state index contributed by atoms with van der Waals surface area (Å²) in [7, 11) is 0. The van der Waals surface area contributed by atoms with Gasteiger partial charge in [-0.25, -0.2) is 0 Å². The molecule has 0 fully saturated rings. The van der Waals surface area contributed by atoms with Gasteiger partial charge in [0.2, 0.25) is 6.79 Å². The molecule has 9 heteroatoms. The molecule has 1 N–H and O–H groups in total. The fourth-order valence-corrected chi connectivity index (χ4v) is 3.82. The molecule has 3 aromatic rings. The lowest BCUT2D eigenvalue weighted by molar-refractivity contribution is 0.0949. The van der Waals surface area contributed by atoms with Crippen molar-refractivity contribution in [1.29, 1.82) is 0 Å². The molecule has 8 nitrogen and oxygen atoms in total. The molecule has 2 heterocycles. The molecule has 0 aliphatic carbocycles. The lowest BCUT2D eigenvalue weighted by atomic mass is 10.2. The largest absolute Gasteiger partial charge is 0.493 e. The van der Waals surface area contributed by atoms with Gasteiger partial charge in [0.05, 0.1) is 13.2 Å². The number of benzene rings is 2. The molecule has 0 atom stereocenters. The van der Waals surface area contributed by atoms with Crippen LogP contribution in [0.15, 0.2) is 53.7 Å². The Labute approximate surface area is 178 Å². The molecule has 2 aromatic carbocycles. The van der Waals surface area contributed by atoms with E-state index in [1.165, 1.54) is 0 Å². The minimum atomic E-state index is -0.204. The molecule has 0 radical (unpaired) electrons. The van der Waals surface area contributed by atoms with E-state index in [0.29, 0.717) is 36.0 Å². The highest BCUT2D eigenvalue weighted by Crippen LogP contribution is 2.32. The van der Waals surface area contributed by atoms with E-state index in [4.69, 9.17) is 14.2 Å². The van der Waals surface area contributed by atoms with Crippen LogP contribution in [0.25, 0.3) is 0 Å². The average Bonchev–Trinajstić information content (AvgIpc) is 3.41. The van der Waals surface area contributed by atoms with Crippen molar-refractivity contribution in [2.24, 2.45) is 0 Å². The third kappa shape index (κ3) is 4.68. The van der Waals surface area contributed by atoms with Gasteiger partial charge in [-0.3, -0.25) is 4.79 Å². The summed E-state index contributed by atoms with van der Waals surface area (Å²) in [5, 5.41) is 12.2. The molecule has 0 spiro atoms. The fourth-order valence-electron chi connectivity index (χ4n) is 2.98. The molecule has 156 valence electrons. The van der Waals surface area contributed by atoms with Gasteiger partial charge in [0, 0.05) is 17.9 Å². The zero-order chi connectivity index (χ0) is 20.8. The zero-order valence-corrected chi connectivity index (χ0v) is 17.4. The monoisotopic (exact) mass is 426 g/mol. The van der Waals surface area contributed by atoms with E-state index in [-0.39, 0.29) is 19.2 Å². The van der Waals surface area contributed by atoms with Crippen molar-refractivity contribution in [3.63, 3.8) is 0 Å². The summed E-state index contributed by atoms with van der Waals surface area (Å²) in [6.45, 7) is 3.77. The van der Waals surface area contributed by atoms with Crippen LogP contribution >= 0.6 is 11.8 Å². The number of hydrogen-bond acceptors (Lipinski definition) is 7. The summed E-state index contributed by atoms with van der Waals surface area (Å²) in [4.78, 5) is 12.5. The van der Waals surface area contributed by atoms with Crippen LogP contribution in [0.2, 0.25) is 0 Å². The Hall–Kier alpha value is -3.20. The van der Waals surface area contributed by atoms with E-state index in [9.17, 15) is 4.79 Å². The van der Waals surface area contributed by atoms with Crippen molar-refractivity contribution in [3.05, 3.63) is 59.9 Å². The number of amides is 1. The van der Waals surface area contributed by atoms with Crippen LogP contribution in [0.1, 0.15) is 23.1 Å². The molecule has 1 aliphatic heterocycles. The highest BCUT2D eigenvalue weighted by Gasteiger charge is 2.17. The molecular weight excluding hydrogens is 404 g/mol. The van der Waals surface area contributed by atoms with E-state index >= 15 is 0 Å². The normalized spacial score (nSPS) is 12.0. The van der Waals surface area contributed by atoms with Crippen LogP contribution in [0, 0.1) is 0 Å². The van der Waals surface area contributed by atoms with Crippen molar-refractivity contribution in [1.82, 2.24) is 20.1 Å². The Morgan fingerprint density at radius 2 is 2.00 bits per heavy atom. The second kappa shape index (κ2) is 9.53. The Kier molecular flexibility index (Phi) is 6.38. The number of thioether (sulfide) groups is 1. The number of carbonyl (C=O) groups excluding carboxylic acids is 1. The van der Waals surface area contributed by atoms with E-state index in [1.807, 2.05) is 41.8 Å². The molecule has 30 heavy (non-hydrogen) atoms. The van der Waals surface area contributed by atoms with Crippen LogP contribution in [0.5, 0.6) is 17.2 Å². The van der Waals surface area contributed by atoms with E-state index < -0.39 is 0 Å². The van der Waals surface area contributed by atoms with Crippen LogP contribution in [-0.4, -0.2) is 39.8 Å². The number of aromatic nitrogens is 3. The van der Waals surface area contributed by atoms with Crippen LogP contribution < -0.4 is 19.5 Å². The quantitative estimate of drug-likeness (QED) is 0.415. The number of ether oxygens (including phenoxy) is 3. The average molecular weight is 426 g/mol. The van der Waals surface area contributed by atoms with Gasteiger partial charge in [-0.15, -0.1) is 10.2 Å². The van der Waals surface area contributed by atoms with Gasteiger partial charge >= 0.3 is 0 Å². The Morgan fingerprint density at radius 3 is 2.83 bits per heavy atom. The first-order chi connectivity index (χ1) is 14.7. The number of nitrogens with zero attached hydrogens (tertiary/aromatic N) is 3. The first-order valence-corrected chi connectivity index (χ1v) is 10.6. The predicted octanol–water partition coefficient (Wildman–Crippen LogP) is 3.13. The fraction of sp³-hybridized carbons (Fsp3) is 0.286. The maximum absolute atomic E-state index is 12.5. The third-order valence-corrected chi connectivity index (χ3v) is 5.41. The van der Waals surface area contributed by atoms with E-state index in [0.717, 1.165) is 16.7 Å². The standard InChI is InChI=1S/C21H22N4O4S/c1-2-25-19(13-22-20(26)15-8-9-17-18(12-15)29-14-28-17)23-24-21(25)30-11-10-27-16-6-4-3-5-7-16/h3-9,12H,2,10-11,13-14H2,1H3,(H,22,26). The van der Waals surface area contributed by atoms with Gasteiger partial charge < -0.3 is 24.1 Å². The van der Waals surface area contributed by atoms with Crippen molar-refractivity contribution in [3.8, 4) is 17.2 Å². The SMILES string of the molecule is CCn1c(CNC(=O)c2ccc3c(c2)OCO3)nnc1SCCOc1ccccc1. The summed E-state index contributed by atoms with van der Waals surface area (Å²) in [6.07, 6.45) is 0. The van der Waals surface area contributed by atoms with Gasteiger partial charge in [-0.1, -0.05) is 30.0 Å². The highest BCUT2D eigenvalue weighted by molar-refractivity contribution is 7.99. The maximum Gasteiger partial charge on any atom is 0.251 e. The lowest BCUT2D eigenvalue weighted by Crippen LogP contribution is -2.24. The Morgan fingerprint density at radius 1 is 1.17 bits per heavy atom. The molecule has 0 unspecified atom stereocenters. The van der Waals surface area contributed by atoms with Gasteiger partial charge in [-0.05, 0) is 37.3 Å². The van der Waals surface area contributed by atoms with Crippen molar-refractivity contribution in [2.45, 2.75) is 25.2 Å². The molecule has 0 saturated heterocycles. The van der Waals surface area contributed by atoms with E-state index in [2.05, 4.69) is 15.5 Å². The summed E-state index contributed by atoms with van der Waals surface area (Å²) in [6, 6.07) is 14.8. The predicted molar refractivity (Wildman–Crippen MR) is 112 cm³/mol. The zero-order valence-electron chi connectivity index (χ0n) is 16.5. The summed E-state index contributed by atoms with van der Waals surface area (Å²) >= 11 is 1.58. The number of nitrogens with one attached hydrogen (secondary N) is 1. The first kappa shape index (κ1) is 20.1. The second-order valence-corrected chi connectivity index (χ2v) is 7.47. The van der Waals surface area contributed by atoms with Crippen molar-refractivity contribution < 1.29 is 19.0 Å². The Bertz CT molecular complexity index is 1010. The minimum Gasteiger partial charge on any atom is -0.493 e. The minimum absolute atomic E-state index is 0.177. The Balaban J connectivity index is 1.30. The van der Waals surface area contributed by atoms with Gasteiger partial charge in [0.1, 0.15) is 5.75 Å². The topological polar surface area (TPSA) is 87.5 Å². The summed E-state index contributed by atoms with van der Waals surface area (Å²) in [5.74, 6) is 3.33. The smallest absolute Gasteiger partial charge is 0.251 e. The van der Waals surface area contributed by atoms with Gasteiger partial charge in [0.25, 0.3) is 5.91 Å². The number of carbonyl (C=O) groups is 1. The number of fused-ring (bicyclic) bond motifs is 1. The molecule has 0 saturated carbocycles. The number of hydrogen-bond donors (Lipinski definition) is 1. The molecule has 0 bridgehead atoms. The third-order valence-electron chi connectivity index (χ3n) is 4.48.